The van der Waals surface area contributed by atoms with Crippen molar-refractivity contribution in [1.82, 2.24) is 0 Å². The molecule has 1 aliphatic heterocycles. The molecule has 2 amide bonds. The Balaban J connectivity index is 1.92. The van der Waals surface area contributed by atoms with Crippen molar-refractivity contribution in [2.75, 3.05) is 4.90 Å². The maximum absolute atomic E-state index is 12.3. The van der Waals surface area contributed by atoms with Crippen molar-refractivity contribution in [3.63, 3.8) is 0 Å². The zero-order chi connectivity index (χ0) is 15.0. The maximum Gasteiger partial charge on any atom is 0.298 e. The van der Waals surface area contributed by atoms with Crippen LogP contribution in [0.25, 0.3) is 6.08 Å². The zero-order valence-corrected chi connectivity index (χ0v) is 11.9. The van der Waals surface area contributed by atoms with Crippen LogP contribution in [0.3, 0.4) is 0 Å². The highest BCUT2D eigenvalue weighted by atomic mass is 32.2. The molecule has 1 aromatic heterocycles. The van der Waals surface area contributed by atoms with Gasteiger partial charge in [-0.15, -0.1) is 0 Å². The Morgan fingerprint density at radius 3 is 2.48 bits per heavy atom. The fourth-order valence-corrected chi connectivity index (χ4v) is 2.77. The van der Waals surface area contributed by atoms with Crippen molar-refractivity contribution in [3.8, 4) is 5.75 Å². The Kier molecular flexibility index (Phi) is 3.31. The van der Waals surface area contributed by atoms with E-state index in [1.807, 2.05) is 0 Å². The zero-order valence-electron chi connectivity index (χ0n) is 11.1. The van der Waals surface area contributed by atoms with E-state index in [9.17, 15) is 14.7 Å². The molecule has 0 bridgehead atoms. The first kappa shape index (κ1) is 13.5. The summed E-state index contributed by atoms with van der Waals surface area (Å²) in [6, 6.07) is 9.42. The fourth-order valence-electron chi connectivity index (χ4n) is 1.95. The molecule has 1 aromatic carbocycles. The third kappa shape index (κ3) is 2.57. The monoisotopic (exact) mass is 301 g/mol. The lowest BCUT2D eigenvalue weighted by atomic mass is 10.2. The second kappa shape index (κ2) is 5.14. The molecule has 2 heterocycles. The van der Waals surface area contributed by atoms with E-state index in [4.69, 9.17) is 4.42 Å². The summed E-state index contributed by atoms with van der Waals surface area (Å²) >= 11 is 0.861. The number of hydrogen-bond acceptors (Lipinski definition) is 5. The molecular weight excluding hydrogens is 290 g/mol. The number of amides is 2. The SMILES string of the molecule is Cc1ccc(C=C2SC(=O)N(c3ccc(O)cc3)C2=O)o1. The summed E-state index contributed by atoms with van der Waals surface area (Å²) in [6.07, 6.45) is 1.55. The summed E-state index contributed by atoms with van der Waals surface area (Å²) in [7, 11) is 0. The quantitative estimate of drug-likeness (QED) is 0.859. The number of rotatable bonds is 2. The molecule has 0 aliphatic carbocycles. The number of carbonyl (C=O) groups excluding carboxylic acids is 2. The van der Waals surface area contributed by atoms with Crippen molar-refractivity contribution < 1.29 is 19.1 Å². The number of aryl methyl sites for hydroxylation is 1. The topological polar surface area (TPSA) is 70.8 Å². The van der Waals surface area contributed by atoms with Gasteiger partial charge in [-0.05, 0) is 55.1 Å². The van der Waals surface area contributed by atoms with Crippen LogP contribution >= 0.6 is 11.8 Å². The third-order valence-electron chi connectivity index (χ3n) is 2.94. The molecule has 1 N–H and O–H groups in total. The molecule has 5 nitrogen and oxygen atoms in total. The fraction of sp³-hybridized carbons (Fsp3) is 0.0667. The van der Waals surface area contributed by atoms with Crippen LogP contribution in [0.5, 0.6) is 5.75 Å². The highest BCUT2D eigenvalue weighted by molar-refractivity contribution is 8.19. The minimum Gasteiger partial charge on any atom is -0.508 e. The third-order valence-corrected chi connectivity index (χ3v) is 3.81. The lowest BCUT2D eigenvalue weighted by molar-refractivity contribution is -0.113. The van der Waals surface area contributed by atoms with E-state index in [1.165, 1.54) is 24.3 Å². The number of phenolic OH excluding ortho intramolecular Hbond substituents is 1. The first-order valence-corrected chi connectivity index (χ1v) is 7.00. The Labute approximate surface area is 124 Å². The number of furan rings is 1. The standard InChI is InChI=1S/C15H11NO4S/c1-9-2-7-12(20-9)8-13-14(18)16(15(19)21-13)10-3-5-11(17)6-4-10/h2-8,17H,1H3. The highest BCUT2D eigenvalue weighted by Crippen LogP contribution is 2.36. The number of aromatic hydroxyl groups is 1. The summed E-state index contributed by atoms with van der Waals surface area (Å²) < 4.78 is 5.38. The van der Waals surface area contributed by atoms with Gasteiger partial charge >= 0.3 is 0 Å². The van der Waals surface area contributed by atoms with Crippen molar-refractivity contribution in [2.45, 2.75) is 6.92 Å². The molecular formula is C15H11NO4S. The number of nitrogens with zero attached hydrogens (tertiary/aromatic N) is 1. The van der Waals surface area contributed by atoms with E-state index in [2.05, 4.69) is 0 Å². The van der Waals surface area contributed by atoms with Gasteiger partial charge in [0.1, 0.15) is 17.3 Å². The smallest absolute Gasteiger partial charge is 0.298 e. The van der Waals surface area contributed by atoms with Crippen molar-refractivity contribution >= 4 is 34.7 Å². The van der Waals surface area contributed by atoms with Crippen LogP contribution in [0.15, 0.2) is 45.7 Å². The first-order valence-electron chi connectivity index (χ1n) is 6.18. The molecule has 106 valence electrons. The van der Waals surface area contributed by atoms with Crippen LogP contribution in [0, 0.1) is 6.92 Å². The van der Waals surface area contributed by atoms with Crippen LogP contribution in [-0.4, -0.2) is 16.3 Å². The molecule has 0 saturated carbocycles. The van der Waals surface area contributed by atoms with E-state index in [0.717, 1.165) is 22.4 Å². The molecule has 1 fully saturated rings. The van der Waals surface area contributed by atoms with Gasteiger partial charge in [-0.3, -0.25) is 9.59 Å². The molecule has 2 aromatic rings. The molecule has 0 radical (unpaired) electrons. The van der Waals surface area contributed by atoms with Gasteiger partial charge < -0.3 is 9.52 Å². The van der Waals surface area contributed by atoms with Gasteiger partial charge in [-0.1, -0.05) is 0 Å². The molecule has 1 aliphatic rings. The van der Waals surface area contributed by atoms with Gasteiger partial charge in [-0.25, -0.2) is 4.90 Å². The average molecular weight is 301 g/mol. The van der Waals surface area contributed by atoms with Crippen LogP contribution in [0.2, 0.25) is 0 Å². The van der Waals surface area contributed by atoms with Crippen molar-refractivity contribution in [2.24, 2.45) is 0 Å². The minimum absolute atomic E-state index is 0.0762. The van der Waals surface area contributed by atoms with E-state index in [-0.39, 0.29) is 11.0 Å². The molecule has 0 unspecified atom stereocenters. The molecule has 0 spiro atoms. The van der Waals surface area contributed by atoms with Crippen LogP contribution < -0.4 is 4.90 Å². The Morgan fingerprint density at radius 1 is 1.14 bits per heavy atom. The lowest BCUT2D eigenvalue weighted by Gasteiger charge is -2.11. The van der Waals surface area contributed by atoms with Crippen molar-refractivity contribution in [1.29, 1.82) is 0 Å². The van der Waals surface area contributed by atoms with Crippen LogP contribution in [-0.2, 0) is 4.79 Å². The van der Waals surface area contributed by atoms with Gasteiger partial charge in [-0.2, -0.15) is 0 Å². The van der Waals surface area contributed by atoms with Crippen LogP contribution in [0.4, 0.5) is 10.5 Å². The van der Waals surface area contributed by atoms with Gasteiger partial charge in [0.2, 0.25) is 0 Å². The van der Waals surface area contributed by atoms with E-state index >= 15 is 0 Å². The van der Waals surface area contributed by atoms with Crippen LogP contribution in [0.1, 0.15) is 11.5 Å². The van der Waals surface area contributed by atoms with Gasteiger partial charge in [0, 0.05) is 6.08 Å². The summed E-state index contributed by atoms with van der Waals surface area (Å²) in [5, 5.41) is 8.89. The molecule has 21 heavy (non-hydrogen) atoms. The molecule has 3 rings (SSSR count). The first-order chi connectivity index (χ1) is 10.0. The second-order valence-corrected chi connectivity index (χ2v) is 5.48. The molecule has 6 heteroatoms. The predicted molar refractivity (Wildman–Crippen MR) is 80.0 cm³/mol. The molecule has 1 saturated heterocycles. The lowest BCUT2D eigenvalue weighted by Crippen LogP contribution is -2.27. The predicted octanol–water partition coefficient (Wildman–Crippen LogP) is 3.53. The largest absolute Gasteiger partial charge is 0.508 e. The highest BCUT2D eigenvalue weighted by Gasteiger charge is 2.36. The Morgan fingerprint density at radius 2 is 1.86 bits per heavy atom. The summed E-state index contributed by atoms with van der Waals surface area (Å²) in [5.41, 5.74) is 0.425. The summed E-state index contributed by atoms with van der Waals surface area (Å²) in [6.45, 7) is 1.81. The summed E-state index contributed by atoms with van der Waals surface area (Å²) in [5.74, 6) is 0.944. The number of benzene rings is 1. The number of phenols is 1. The number of imide groups is 1. The number of hydrogen-bond donors (Lipinski definition) is 1. The van der Waals surface area contributed by atoms with Gasteiger partial charge in [0.25, 0.3) is 11.1 Å². The average Bonchev–Trinajstić information content (AvgIpc) is 2.96. The van der Waals surface area contributed by atoms with Crippen molar-refractivity contribution in [3.05, 3.63) is 52.8 Å². The van der Waals surface area contributed by atoms with E-state index in [1.54, 1.807) is 25.1 Å². The Hall–Kier alpha value is -2.47. The Bertz CT molecular complexity index is 745. The second-order valence-electron chi connectivity index (χ2n) is 4.48. The number of carbonyl (C=O) groups is 2. The maximum atomic E-state index is 12.3. The van der Waals surface area contributed by atoms with E-state index < -0.39 is 5.91 Å². The normalized spacial score (nSPS) is 17.0. The number of anilines is 1. The minimum atomic E-state index is -0.398. The van der Waals surface area contributed by atoms with Gasteiger partial charge in [0.15, 0.2) is 0 Å². The van der Waals surface area contributed by atoms with Gasteiger partial charge in [0.05, 0.1) is 10.6 Å². The summed E-state index contributed by atoms with van der Waals surface area (Å²) in [4.78, 5) is 25.7. The van der Waals surface area contributed by atoms with E-state index in [0.29, 0.717) is 16.4 Å². The number of thioether (sulfide) groups is 1. The molecule has 0 atom stereocenters.